The van der Waals surface area contributed by atoms with E-state index in [1.165, 1.54) is 6.42 Å². The first-order valence-corrected chi connectivity index (χ1v) is 7.79. The number of benzene rings is 1. The fourth-order valence-corrected chi connectivity index (χ4v) is 3.68. The second-order valence-corrected chi connectivity index (χ2v) is 6.51. The van der Waals surface area contributed by atoms with E-state index in [4.69, 9.17) is 0 Å². The van der Waals surface area contributed by atoms with E-state index in [0.29, 0.717) is 28.5 Å². The maximum absolute atomic E-state index is 12.3. The zero-order valence-corrected chi connectivity index (χ0v) is 12.5. The van der Waals surface area contributed by atoms with Crippen molar-refractivity contribution in [2.75, 3.05) is 12.3 Å². The van der Waals surface area contributed by atoms with Gasteiger partial charge in [-0.15, -0.1) is 0 Å². The van der Waals surface area contributed by atoms with E-state index in [2.05, 4.69) is 5.32 Å². The highest BCUT2D eigenvalue weighted by atomic mass is 32.2. The number of carboxylic acids is 1. The van der Waals surface area contributed by atoms with Crippen molar-refractivity contribution in [3.8, 4) is 0 Å². The Bertz CT molecular complexity index is 536. The Balaban J connectivity index is 2.19. The zero-order chi connectivity index (χ0) is 14.7. The van der Waals surface area contributed by atoms with Gasteiger partial charge in [-0.3, -0.25) is 4.79 Å². The fraction of sp³-hybridized carbons (Fsp3) is 0.467. The maximum Gasteiger partial charge on any atom is 0.336 e. The molecule has 0 bridgehead atoms. The van der Waals surface area contributed by atoms with Crippen LogP contribution in [0.15, 0.2) is 12.1 Å². The van der Waals surface area contributed by atoms with Gasteiger partial charge in [0.1, 0.15) is 0 Å². The molecule has 1 amide bonds. The SMILES string of the molecule is Cc1ccc(C)c(C(=O)NCC2CCCS2)c1C(=O)O. The summed E-state index contributed by atoms with van der Waals surface area (Å²) in [6.07, 6.45) is 2.30. The van der Waals surface area contributed by atoms with Gasteiger partial charge in [0.2, 0.25) is 0 Å². The third kappa shape index (κ3) is 3.15. The van der Waals surface area contributed by atoms with Crippen molar-refractivity contribution in [3.63, 3.8) is 0 Å². The minimum Gasteiger partial charge on any atom is -0.478 e. The molecule has 2 rings (SSSR count). The van der Waals surface area contributed by atoms with E-state index < -0.39 is 5.97 Å². The number of amides is 1. The lowest BCUT2D eigenvalue weighted by molar-refractivity contribution is 0.0690. The minimum atomic E-state index is -1.05. The largest absolute Gasteiger partial charge is 0.478 e. The molecule has 0 aliphatic carbocycles. The number of carbonyl (C=O) groups excluding carboxylic acids is 1. The van der Waals surface area contributed by atoms with Crippen LogP contribution in [0, 0.1) is 13.8 Å². The molecule has 1 unspecified atom stereocenters. The van der Waals surface area contributed by atoms with Gasteiger partial charge in [0.25, 0.3) is 5.91 Å². The highest BCUT2D eigenvalue weighted by molar-refractivity contribution is 8.00. The van der Waals surface area contributed by atoms with Crippen LogP contribution in [0.4, 0.5) is 0 Å². The highest BCUT2D eigenvalue weighted by Crippen LogP contribution is 2.25. The minimum absolute atomic E-state index is 0.113. The van der Waals surface area contributed by atoms with Gasteiger partial charge < -0.3 is 10.4 Å². The number of carboxylic acid groups (broad SMARTS) is 1. The lowest BCUT2D eigenvalue weighted by atomic mass is 9.96. The smallest absolute Gasteiger partial charge is 0.336 e. The van der Waals surface area contributed by atoms with E-state index in [9.17, 15) is 14.7 Å². The Morgan fingerprint density at radius 1 is 1.30 bits per heavy atom. The normalized spacial score (nSPS) is 18.0. The Hall–Kier alpha value is -1.49. The quantitative estimate of drug-likeness (QED) is 0.895. The van der Waals surface area contributed by atoms with Gasteiger partial charge >= 0.3 is 5.97 Å². The summed E-state index contributed by atoms with van der Waals surface area (Å²) in [5.41, 5.74) is 1.72. The Labute approximate surface area is 123 Å². The summed E-state index contributed by atoms with van der Waals surface area (Å²) in [4.78, 5) is 23.7. The maximum atomic E-state index is 12.3. The van der Waals surface area contributed by atoms with Crippen LogP contribution in [-0.4, -0.2) is 34.5 Å². The van der Waals surface area contributed by atoms with Crippen LogP contribution in [0.25, 0.3) is 0 Å². The number of aryl methyl sites for hydroxylation is 2. The summed E-state index contributed by atoms with van der Waals surface area (Å²) in [6, 6.07) is 3.53. The monoisotopic (exact) mass is 293 g/mol. The van der Waals surface area contributed by atoms with Gasteiger partial charge in [0.05, 0.1) is 11.1 Å². The number of rotatable bonds is 4. The average molecular weight is 293 g/mol. The molecule has 0 aromatic heterocycles. The molecule has 1 fully saturated rings. The molecule has 108 valence electrons. The van der Waals surface area contributed by atoms with Gasteiger partial charge in [-0.2, -0.15) is 11.8 Å². The summed E-state index contributed by atoms with van der Waals surface area (Å²) in [5, 5.41) is 12.7. The molecular formula is C15H19NO3S. The van der Waals surface area contributed by atoms with Crippen molar-refractivity contribution < 1.29 is 14.7 Å². The summed E-state index contributed by atoms with van der Waals surface area (Å²) < 4.78 is 0. The van der Waals surface area contributed by atoms with Crippen molar-refractivity contribution in [1.29, 1.82) is 0 Å². The molecule has 0 spiro atoms. The van der Waals surface area contributed by atoms with Gasteiger partial charge in [-0.05, 0) is 43.6 Å². The first-order valence-electron chi connectivity index (χ1n) is 6.74. The van der Waals surface area contributed by atoms with E-state index in [0.717, 1.165) is 12.2 Å². The molecule has 1 atom stereocenters. The van der Waals surface area contributed by atoms with Gasteiger partial charge in [0, 0.05) is 11.8 Å². The molecule has 1 aromatic carbocycles. The van der Waals surface area contributed by atoms with E-state index in [1.807, 2.05) is 11.8 Å². The Kier molecular flexibility index (Phi) is 4.70. The topological polar surface area (TPSA) is 66.4 Å². The Morgan fingerprint density at radius 2 is 1.95 bits per heavy atom. The number of nitrogens with one attached hydrogen (secondary N) is 1. The van der Waals surface area contributed by atoms with Gasteiger partial charge in [-0.1, -0.05) is 12.1 Å². The van der Waals surface area contributed by atoms with Crippen LogP contribution in [-0.2, 0) is 0 Å². The summed E-state index contributed by atoms with van der Waals surface area (Å²) in [6.45, 7) is 4.09. The number of carbonyl (C=O) groups is 2. The second kappa shape index (κ2) is 6.31. The van der Waals surface area contributed by atoms with E-state index >= 15 is 0 Å². The predicted octanol–water partition coefficient (Wildman–Crippen LogP) is 2.63. The molecule has 0 saturated carbocycles. The van der Waals surface area contributed by atoms with Crippen LogP contribution >= 0.6 is 11.8 Å². The lowest BCUT2D eigenvalue weighted by Crippen LogP contribution is -2.31. The van der Waals surface area contributed by atoms with Gasteiger partial charge in [-0.25, -0.2) is 4.79 Å². The van der Waals surface area contributed by atoms with Crippen molar-refractivity contribution in [2.45, 2.75) is 31.9 Å². The molecule has 1 saturated heterocycles. The van der Waals surface area contributed by atoms with Crippen molar-refractivity contribution in [2.24, 2.45) is 0 Å². The molecule has 2 N–H and O–H groups in total. The van der Waals surface area contributed by atoms with Crippen molar-refractivity contribution >= 4 is 23.6 Å². The number of aromatic carboxylic acids is 1. The van der Waals surface area contributed by atoms with Crippen LogP contribution in [0.5, 0.6) is 0 Å². The van der Waals surface area contributed by atoms with Crippen molar-refractivity contribution in [1.82, 2.24) is 5.32 Å². The third-order valence-corrected chi connectivity index (χ3v) is 4.98. The van der Waals surface area contributed by atoms with Crippen LogP contribution in [0.3, 0.4) is 0 Å². The molecule has 1 aliphatic heterocycles. The van der Waals surface area contributed by atoms with Crippen LogP contribution in [0.2, 0.25) is 0 Å². The van der Waals surface area contributed by atoms with Crippen LogP contribution < -0.4 is 5.32 Å². The van der Waals surface area contributed by atoms with Crippen molar-refractivity contribution in [3.05, 3.63) is 34.4 Å². The zero-order valence-electron chi connectivity index (χ0n) is 11.7. The second-order valence-electron chi connectivity index (χ2n) is 5.10. The molecule has 5 heteroatoms. The molecule has 0 radical (unpaired) electrons. The molecule has 4 nitrogen and oxygen atoms in total. The summed E-state index contributed by atoms with van der Waals surface area (Å²) >= 11 is 1.87. The molecule has 1 aliphatic rings. The van der Waals surface area contributed by atoms with E-state index in [-0.39, 0.29) is 11.5 Å². The van der Waals surface area contributed by atoms with Crippen LogP contribution in [0.1, 0.15) is 44.7 Å². The number of thioether (sulfide) groups is 1. The molecule has 20 heavy (non-hydrogen) atoms. The molecule has 1 aromatic rings. The average Bonchev–Trinajstić information content (AvgIpc) is 2.91. The molecular weight excluding hydrogens is 274 g/mol. The standard InChI is InChI=1S/C15H19NO3S/c1-9-5-6-10(2)13(15(18)19)12(9)14(17)16-8-11-4-3-7-20-11/h5-6,11H,3-4,7-8H2,1-2H3,(H,16,17)(H,18,19). The lowest BCUT2D eigenvalue weighted by Gasteiger charge is -2.14. The predicted molar refractivity (Wildman–Crippen MR) is 80.7 cm³/mol. The summed E-state index contributed by atoms with van der Waals surface area (Å²) in [7, 11) is 0. The first-order chi connectivity index (χ1) is 9.50. The Morgan fingerprint density at radius 3 is 2.50 bits per heavy atom. The molecule has 1 heterocycles. The highest BCUT2D eigenvalue weighted by Gasteiger charge is 2.22. The first kappa shape index (κ1) is 14.9. The number of hydrogen-bond acceptors (Lipinski definition) is 3. The third-order valence-electron chi connectivity index (χ3n) is 3.58. The van der Waals surface area contributed by atoms with E-state index in [1.54, 1.807) is 26.0 Å². The number of hydrogen-bond donors (Lipinski definition) is 2. The summed E-state index contributed by atoms with van der Waals surface area (Å²) in [5.74, 6) is -0.188. The van der Waals surface area contributed by atoms with Gasteiger partial charge in [0.15, 0.2) is 0 Å². The fourth-order valence-electron chi connectivity index (χ4n) is 2.48.